The monoisotopic (exact) mass is 306 g/mol. The molecule has 2 aliphatic heterocycles. The highest BCUT2D eigenvalue weighted by Gasteiger charge is 2.18. The molecule has 0 bridgehead atoms. The summed E-state index contributed by atoms with van der Waals surface area (Å²) >= 11 is 0. The molecular formula is C17H22O5. The molecule has 2 unspecified atom stereocenters. The fraction of sp³-hybridized carbons (Fsp3) is 0.588. The van der Waals surface area contributed by atoms with E-state index in [1.807, 2.05) is 0 Å². The van der Waals surface area contributed by atoms with Crippen molar-refractivity contribution in [2.45, 2.75) is 37.9 Å². The molecule has 0 aliphatic carbocycles. The van der Waals surface area contributed by atoms with Gasteiger partial charge in [-0.15, -0.1) is 0 Å². The summed E-state index contributed by atoms with van der Waals surface area (Å²) in [5, 5.41) is 0. The van der Waals surface area contributed by atoms with Crippen molar-refractivity contribution < 1.29 is 23.7 Å². The summed E-state index contributed by atoms with van der Waals surface area (Å²) in [7, 11) is 0. The van der Waals surface area contributed by atoms with Gasteiger partial charge in [-0.3, -0.25) is 4.79 Å². The van der Waals surface area contributed by atoms with Gasteiger partial charge in [0, 0.05) is 19.3 Å². The topological polar surface area (TPSA) is 54.0 Å². The van der Waals surface area contributed by atoms with Crippen LogP contribution in [0.2, 0.25) is 0 Å². The minimum absolute atomic E-state index is 0.121. The van der Waals surface area contributed by atoms with Gasteiger partial charge in [0.15, 0.2) is 6.29 Å². The Bertz CT molecular complexity index is 490. The van der Waals surface area contributed by atoms with Crippen molar-refractivity contribution in [2.24, 2.45) is 0 Å². The van der Waals surface area contributed by atoms with Gasteiger partial charge in [0.1, 0.15) is 24.7 Å². The minimum atomic E-state index is 0.121. The molecule has 3 rings (SSSR count). The summed E-state index contributed by atoms with van der Waals surface area (Å²) in [6.07, 6.45) is 5.29. The van der Waals surface area contributed by atoms with Gasteiger partial charge in [-0.1, -0.05) is 0 Å². The van der Waals surface area contributed by atoms with E-state index in [1.54, 1.807) is 18.2 Å². The number of aldehydes is 1. The number of hydrogen-bond donors (Lipinski definition) is 0. The maximum Gasteiger partial charge on any atom is 0.153 e. The van der Waals surface area contributed by atoms with Crippen LogP contribution in [0.15, 0.2) is 18.2 Å². The quantitative estimate of drug-likeness (QED) is 0.725. The Balaban J connectivity index is 1.58. The number of rotatable bonds is 7. The van der Waals surface area contributed by atoms with E-state index in [0.717, 1.165) is 45.2 Å². The Kier molecular flexibility index (Phi) is 5.29. The Morgan fingerprint density at radius 2 is 1.73 bits per heavy atom. The molecular weight excluding hydrogens is 284 g/mol. The third kappa shape index (κ3) is 3.99. The van der Waals surface area contributed by atoms with Gasteiger partial charge >= 0.3 is 0 Å². The van der Waals surface area contributed by atoms with Crippen molar-refractivity contribution in [1.29, 1.82) is 0 Å². The van der Waals surface area contributed by atoms with Gasteiger partial charge in [-0.25, -0.2) is 0 Å². The Morgan fingerprint density at radius 1 is 1.05 bits per heavy atom. The standard InChI is InChI=1S/C17H22O5/c18-10-13-5-6-14(21-11-15-3-1-7-19-15)9-17(13)22-12-16-4-2-8-20-16/h5-6,9-10,15-16H,1-4,7-8,11-12H2. The molecule has 2 heterocycles. The van der Waals surface area contributed by atoms with Crippen molar-refractivity contribution in [3.8, 4) is 11.5 Å². The van der Waals surface area contributed by atoms with E-state index in [9.17, 15) is 4.79 Å². The average molecular weight is 306 g/mol. The second-order valence-corrected chi connectivity index (χ2v) is 5.71. The van der Waals surface area contributed by atoms with Gasteiger partial charge < -0.3 is 18.9 Å². The summed E-state index contributed by atoms with van der Waals surface area (Å²) in [5.74, 6) is 1.25. The van der Waals surface area contributed by atoms with Crippen molar-refractivity contribution in [3.63, 3.8) is 0 Å². The molecule has 22 heavy (non-hydrogen) atoms. The highest BCUT2D eigenvalue weighted by atomic mass is 16.5. The van der Waals surface area contributed by atoms with Crippen LogP contribution >= 0.6 is 0 Å². The Morgan fingerprint density at radius 3 is 2.32 bits per heavy atom. The molecule has 2 saturated heterocycles. The van der Waals surface area contributed by atoms with E-state index in [1.165, 1.54) is 0 Å². The fourth-order valence-electron chi connectivity index (χ4n) is 2.75. The van der Waals surface area contributed by atoms with Crippen LogP contribution in [0.1, 0.15) is 36.0 Å². The van der Waals surface area contributed by atoms with Crippen LogP contribution in [-0.4, -0.2) is 44.9 Å². The SMILES string of the molecule is O=Cc1ccc(OCC2CCCO2)cc1OCC1CCCO1. The van der Waals surface area contributed by atoms with E-state index in [0.29, 0.717) is 30.3 Å². The zero-order chi connectivity index (χ0) is 15.2. The van der Waals surface area contributed by atoms with Crippen molar-refractivity contribution in [3.05, 3.63) is 23.8 Å². The molecule has 2 fully saturated rings. The lowest BCUT2D eigenvalue weighted by molar-refractivity contribution is 0.0651. The first-order valence-electron chi connectivity index (χ1n) is 7.93. The summed E-state index contributed by atoms with van der Waals surface area (Å²) < 4.78 is 22.6. The second-order valence-electron chi connectivity index (χ2n) is 5.71. The highest BCUT2D eigenvalue weighted by Crippen LogP contribution is 2.26. The normalized spacial score (nSPS) is 24.4. The molecule has 0 radical (unpaired) electrons. The molecule has 2 atom stereocenters. The van der Waals surface area contributed by atoms with Crippen molar-refractivity contribution in [2.75, 3.05) is 26.4 Å². The molecule has 0 saturated carbocycles. The van der Waals surface area contributed by atoms with Gasteiger partial charge in [0.25, 0.3) is 0 Å². The van der Waals surface area contributed by atoms with Crippen LogP contribution in [0.5, 0.6) is 11.5 Å². The van der Waals surface area contributed by atoms with Crippen LogP contribution in [0.25, 0.3) is 0 Å². The fourth-order valence-corrected chi connectivity index (χ4v) is 2.75. The highest BCUT2D eigenvalue weighted by molar-refractivity contribution is 5.79. The van der Waals surface area contributed by atoms with Crippen LogP contribution in [0, 0.1) is 0 Å². The average Bonchev–Trinajstić information content (AvgIpc) is 3.24. The van der Waals surface area contributed by atoms with Crippen LogP contribution in [-0.2, 0) is 9.47 Å². The van der Waals surface area contributed by atoms with Crippen molar-refractivity contribution in [1.82, 2.24) is 0 Å². The molecule has 0 aromatic heterocycles. The molecule has 1 aromatic rings. The van der Waals surface area contributed by atoms with Crippen LogP contribution in [0.4, 0.5) is 0 Å². The Labute approximate surface area is 130 Å². The van der Waals surface area contributed by atoms with E-state index in [4.69, 9.17) is 18.9 Å². The number of carbonyl (C=O) groups excluding carboxylic acids is 1. The minimum Gasteiger partial charge on any atom is -0.491 e. The third-order valence-electron chi connectivity index (χ3n) is 4.02. The van der Waals surface area contributed by atoms with Crippen LogP contribution in [0.3, 0.4) is 0 Å². The van der Waals surface area contributed by atoms with Gasteiger partial charge in [0.2, 0.25) is 0 Å². The number of ether oxygens (including phenoxy) is 4. The van der Waals surface area contributed by atoms with Gasteiger partial charge in [-0.05, 0) is 37.8 Å². The Hall–Kier alpha value is -1.59. The number of carbonyl (C=O) groups is 1. The summed E-state index contributed by atoms with van der Waals surface area (Å²) in [6.45, 7) is 2.61. The first kappa shape index (κ1) is 15.3. The maximum atomic E-state index is 11.1. The lowest BCUT2D eigenvalue weighted by Gasteiger charge is -2.15. The summed E-state index contributed by atoms with van der Waals surface area (Å²) in [6, 6.07) is 5.29. The maximum absolute atomic E-state index is 11.1. The summed E-state index contributed by atoms with van der Waals surface area (Å²) in [5.41, 5.74) is 0.530. The first-order valence-corrected chi connectivity index (χ1v) is 7.93. The van der Waals surface area contributed by atoms with E-state index < -0.39 is 0 Å². The molecule has 2 aliphatic rings. The zero-order valence-electron chi connectivity index (χ0n) is 12.7. The second kappa shape index (κ2) is 7.61. The van der Waals surface area contributed by atoms with Crippen molar-refractivity contribution >= 4 is 6.29 Å². The lowest BCUT2D eigenvalue weighted by Crippen LogP contribution is -2.17. The van der Waals surface area contributed by atoms with E-state index >= 15 is 0 Å². The molecule has 0 spiro atoms. The number of benzene rings is 1. The predicted octanol–water partition coefficient (Wildman–Crippen LogP) is 2.61. The molecule has 5 heteroatoms. The molecule has 5 nitrogen and oxygen atoms in total. The molecule has 0 amide bonds. The van der Waals surface area contributed by atoms with E-state index in [-0.39, 0.29) is 12.2 Å². The van der Waals surface area contributed by atoms with Crippen LogP contribution < -0.4 is 9.47 Å². The van der Waals surface area contributed by atoms with Gasteiger partial charge in [0.05, 0.1) is 17.8 Å². The zero-order valence-corrected chi connectivity index (χ0v) is 12.7. The third-order valence-corrected chi connectivity index (χ3v) is 4.02. The number of hydrogen-bond acceptors (Lipinski definition) is 5. The summed E-state index contributed by atoms with van der Waals surface area (Å²) in [4.78, 5) is 11.1. The lowest BCUT2D eigenvalue weighted by atomic mass is 10.2. The van der Waals surface area contributed by atoms with Gasteiger partial charge in [-0.2, -0.15) is 0 Å². The first-order chi connectivity index (χ1) is 10.8. The molecule has 1 aromatic carbocycles. The molecule has 0 N–H and O–H groups in total. The van der Waals surface area contributed by atoms with E-state index in [2.05, 4.69) is 0 Å². The largest absolute Gasteiger partial charge is 0.491 e. The predicted molar refractivity (Wildman–Crippen MR) is 80.8 cm³/mol. The smallest absolute Gasteiger partial charge is 0.153 e. The molecule has 120 valence electrons.